The Balaban J connectivity index is 0.00000338. The van der Waals surface area contributed by atoms with Gasteiger partial charge in [0.05, 0.1) is 23.9 Å². The highest BCUT2D eigenvalue weighted by Crippen LogP contribution is 2.17. The standard InChI is InChI=1S/C18H33N5OS.HI/c1-5-19-18(20-9-8-17-22-14(2)15(3)25-17)21-13-16-7-6-10-23(16)11-12-24-4;/h16H,5-13H2,1-4H3,(H2,19,20,21);1H. The van der Waals surface area contributed by atoms with Gasteiger partial charge in [0.2, 0.25) is 0 Å². The molecule has 6 nitrogen and oxygen atoms in total. The van der Waals surface area contributed by atoms with Gasteiger partial charge in [-0.25, -0.2) is 4.98 Å². The SMILES string of the molecule is CCNC(=NCC1CCCN1CCOC)NCCc1nc(C)c(C)s1.I. The summed E-state index contributed by atoms with van der Waals surface area (Å²) in [4.78, 5) is 13.2. The van der Waals surface area contributed by atoms with E-state index in [0.29, 0.717) is 6.04 Å². The Morgan fingerprint density at radius 2 is 2.19 bits per heavy atom. The summed E-state index contributed by atoms with van der Waals surface area (Å²) >= 11 is 1.79. The second-order valence-corrected chi connectivity index (χ2v) is 7.76. The van der Waals surface area contributed by atoms with Crippen LogP contribution in [0.1, 0.15) is 35.3 Å². The fourth-order valence-corrected chi connectivity index (χ4v) is 4.01. The van der Waals surface area contributed by atoms with Crippen LogP contribution < -0.4 is 10.6 Å². The molecule has 0 bridgehead atoms. The molecule has 2 heterocycles. The summed E-state index contributed by atoms with van der Waals surface area (Å²) in [6, 6.07) is 0.537. The third-order valence-corrected chi connectivity index (χ3v) is 5.72. The minimum absolute atomic E-state index is 0. The van der Waals surface area contributed by atoms with Gasteiger partial charge in [-0.3, -0.25) is 9.89 Å². The lowest BCUT2D eigenvalue weighted by molar-refractivity contribution is 0.142. The normalized spacial score (nSPS) is 18.0. The Labute approximate surface area is 179 Å². The number of rotatable bonds is 9. The van der Waals surface area contributed by atoms with E-state index in [0.717, 1.165) is 57.4 Å². The average Bonchev–Trinajstić information content (AvgIpc) is 3.17. The maximum absolute atomic E-state index is 5.21. The van der Waals surface area contributed by atoms with Crippen molar-refractivity contribution in [2.24, 2.45) is 4.99 Å². The summed E-state index contributed by atoms with van der Waals surface area (Å²) in [5.74, 6) is 0.908. The van der Waals surface area contributed by atoms with Crippen LogP contribution in [0.15, 0.2) is 4.99 Å². The average molecular weight is 495 g/mol. The Hall–Kier alpha value is -0.450. The molecule has 1 aromatic heterocycles. The lowest BCUT2D eigenvalue weighted by atomic mass is 10.2. The van der Waals surface area contributed by atoms with E-state index in [4.69, 9.17) is 9.73 Å². The minimum atomic E-state index is 0. The number of aryl methyl sites for hydroxylation is 2. The number of likely N-dealkylation sites (tertiary alicyclic amines) is 1. The van der Waals surface area contributed by atoms with Crippen LogP contribution in [-0.2, 0) is 11.2 Å². The van der Waals surface area contributed by atoms with Crippen molar-refractivity contribution in [3.8, 4) is 0 Å². The molecular weight excluding hydrogens is 461 g/mol. The molecule has 0 aromatic carbocycles. The van der Waals surface area contributed by atoms with Gasteiger partial charge in [0.1, 0.15) is 0 Å². The molecule has 150 valence electrons. The molecule has 0 spiro atoms. The summed E-state index contributed by atoms with van der Waals surface area (Å²) in [6.45, 7) is 11.8. The molecule has 1 atom stereocenters. The van der Waals surface area contributed by atoms with Gasteiger partial charge in [0.15, 0.2) is 5.96 Å². The summed E-state index contributed by atoms with van der Waals surface area (Å²) in [5, 5.41) is 7.98. The summed E-state index contributed by atoms with van der Waals surface area (Å²) in [7, 11) is 1.77. The zero-order valence-electron chi connectivity index (χ0n) is 16.5. The van der Waals surface area contributed by atoms with E-state index in [2.05, 4.69) is 41.3 Å². The van der Waals surface area contributed by atoms with E-state index < -0.39 is 0 Å². The Morgan fingerprint density at radius 3 is 2.85 bits per heavy atom. The molecule has 1 saturated heterocycles. The van der Waals surface area contributed by atoms with Crippen LogP contribution in [0.2, 0.25) is 0 Å². The van der Waals surface area contributed by atoms with Crippen molar-refractivity contribution < 1.29 is 4.74 Å². The van der Waals surface area contributed by atoms with E-state index in [1.54, 1.807) is 18.4 Å². The van der Waals surface area contributed by atoms with Crippen LogP contribution in [0.4, 0.5) is 0 Å². The van der Waals surface area contributed by atoms with Crippen molar-refractivity contribution >= 4 is 41.3 Å². The Kier molecular flexibility index (Phi) is 11.7. The zero-order chi connectivity index (χ0) is 18.1. The third-order valence-electron chi connectivity index (χ3n) is 4.59. The fraction of sp³-hybridized carbons (Fsp3) is 0.778. The highest BCUT2D eigenvalue weighted by molar-refractivity contribution is 14.0. The summed E-state index contributed by atoms with van der Waals surface area (Å²) in [5.41, 5.74) is 1.15. The molecule has 2 N–H and O–H groups in total. The monoisotopic (exact) mass is 495 g/mol. The fourth-order valence-electron chi connectivity index (χ4n) is 3.08. The molecule has 1 fully saturated rings. The molecule has 1 aromatic rings. The molecule has 26 heavy (non-hydrogen) atoms. The molecule has 0 aliphatic carbocycles. The van der Waals surface area contributed by atoms with Crippen molar-refractivity contribution in [2.45, 2.75) is 46.1 Å². The molecular formula is C18H34IN5OS. The molecule has 1 aliphatic heterocycles. The van der Waals surface area contributed by atoms with Crippen molar-refractivity contribution in [3.63, 3.8) is 0 Å². The van der Waals surface area contributed by atoms with Crippen LogP contribution >= 0.6 is 35.3 Å². The number of methoxy groups -OCH3 is 1. The maximum atomic E-state index is 5.21. The number of aromatic nitrogens is 1. The summed E-state index contributed by atoms with van der Waals surface area (Å²) in [6.07, 6.45) is 3.42. The first-order chi connectivity index (χ1) is 12.1. The van der Waals surface area contributed by atoms with Gasteiger partial charge in [-0.15, -0.1) is 35.3 Å². The topological polar surface area (TPSA) is 61.8 Å². The van der Waals surface area contributed by atoms with Crippen molar-refractivity contribution in [1.82, 2.24) is 20.5 Å². The number of ether oxygens (including phenoxy) is 1. The van der Waals surface area contributed by atoms with E-state index in [9.17, 15) is 0 Å². The van der Waals surface area contributed by atoms with E-state index in [-0.39, 0.29) is 24.0 Å². The predicted molar refractivity (Wildman–Crippen MR) is 121 cm³/mol. The number of guanidine groups is 1. The lowest BCUT2D eigenvalue weighted by Gasteiger charge is -2.23. The number of halogens is 1. The molecule has 8 heteroatoms. The predicted octanol–water partition coefficient (Wildman–Crippen LogP) is 2.59. The van der Waals surface area contributed by atoms with Crippen LogP contribution in [0.3, 0.4) is 0 Å². The number of aliphatic imine (C=N–C) groups is 1. The van der Waals surface area contributed by atoms with Crippen LogP contribution in [0.25, 0.3) is 0 Å². The zero-order valence-corrected chi connectivity index (χ0v) is 19.7. The number of nitrogens with one attached hydrogen (secondary N) is 2. The number of hydrogen-bond acceptors (Lipinski definition) is 5. The van der Waals surface area contributed by atoms with E-state index in [1.165, 1.54) is 22.7 Å². The van der Waals surface area contributed by atoms with Gasteiger partial charge in [-0.05, 0) is 40.2 Å². The van der Waals surface area contributed by atoms with E-state index in [1.807, 2.05) is 0 Å². The first-order valence-corrected chi connectivity index (χ1v) is 10.1. The highest BCUT2D eigenvalue weighted by atomic mass is 127. The van der Waals surface area contributed by atoms with Gasteiger partial charge in [-0.1, -0.05) is 0 Å². The van der Waals surface area contributed by atoms with Gasteiger partial charge in [-0.2, -0.15) is 0 Å². The largest absolute Gasteiger partial charge is 0.383 e. The quantitative estimate of drug-likeness (QED) is 0.313. The van der Waals surface area contributed by atoms with Crippen molar-refractivity contribution in [3.05, 3.63) is 15.6 Å². The maximum Gasteiger partial charge on any atom is 0.191 e. The molecule has 1 aliphatic rings. The molecule has 0 amide bonds. The first-order valence-electron chi connectivity index (χ1n) is 9.32. The van der Waals surface area contributed by atoms with Gasteiger partial charge >= 0.3 is 0 Å². The molecule has 1 unspecified atom stereocenters. The van der Waals surface area contributed by atoms with Gasteiger partial charge < -0.3 is 15.4 Å². The van der Waals surface area contributed by atoms with Crippen LogP contribution in [0, 0.1) is 13.8 Å². The van der Waals surface area contributed by atoms with Crippen LogP contribution in [0.5, 0.6) is 0 Å². The van der Waals surface area contributed by atoms with Crippen molar-refractivity contribution in [2.75, 3.05) is 46.4 Å². The van der Waals surface area contributed by atoms with Crippen LogP contribution in [-0.4, -0.2) is 68.3 Å². The molecule has 2 rings (SSSR count). The van der Waals surface area contributed by atoms with E-state index >= 15 is 0 Å². The lowest BCUT2D eigenvalue weighted by Crippen LogP contribution is -2.40. The molecule has 0 saturated carbocycles. The highest BCUT2D eigenvalue weighted by Gasteiger charge is 2.23. The first kappa shape index (κ1) is 23.6. The molecule has 0 radical (unpaired) electrons. The number of thiazole rings is 1. The van der Waals surface area contributed by atoms with Gasteiger partial charge in [0.25, 0.3) is 0 Å². The minimum Gasteiger partial charge on any atom is -0.383 e. The number of nitrogens with zero attached hydrogens (tertiary/aromatic N) is 3. The second-order valence-electron chi connectivity index (χ2n) is 6.47. The summed E-state index contributed by atoms with van der Waals surface area (Å²) < 4.78 is 5.21. The third kappa shape index (κ3) is 7.66. The van der Waals surface area contributed by atoms with Crippen molar-refractivity contribution in [1.29, 1.82) is 0 Å². The smallest absolute Gasteiger partial charge is 0.191 e. The van der Waals surface area contributed by atoms with Gasteiger partial charge in [0, 0.05) is 44.1 Å². The number of hydrogen-bond donors (Lipinski definition) is 2. The Morgan fingerprint density at radius 1 is 1.38 bits per heavy atom. The Bertz CT molecular complexity index is 532. The second kappa shape index (κ2) is 12.9.